The summed E-state index contributed by atoms with van der Waals surface area (Å²) in [5.74, 6) is 1.56. The molecule has 0 aromatic heterocycles. The number of benzene rings is 2. The molecule has 128 valence electrons. The molecule has 5 nitrogen and oxygen atoms in total. The summed E-state index contributed by atoms with van der Waals surface area (Å²) in [6.07, 6.45) is 1.39. The van der Waals surface area contributed by atoms with Gasteiger partial charge in [0.2, 0.25) is 10.0 Å². The third kappa shape index (κ3) is 3.71. The molecule has 2 aromatic rings. The Morgan fingerprint density at radius 2 is 1.50 bits per heavy atom. The summed E-state index contributed by atoms with van der Waals surface area (Å²) in [6.45, 7) is 0.941. The smallest absolute Gasteiger partial charge is 0.243 e. The highest BCUT2D eigenvalue weighted by atomic mass is 32.2. The SMILES string of the molecule is COc1ccc(OC2CCN(S(=O)(=O)c3ccccc3)CC2)cc1. The molecule has 0 aliphatic carbocycles. The first-order valence-electron chi connectivity index (χ1n) is 7.95. The lowest BCUT2D eigenvalue weighted by molar-refractivity contribution is 0.135. The van der Waals surface area contributed by atoms with Gasteiger partial charge in [0.15, 0.2) is 0 Å². The average Bonchev–Trinajstić information content (AvgIpc) is 2.63. The number of hydrogen-bond donors (Lipinski definition) is 0. The molecule has 1 saturated heterocycles. The largest absolute Gasteiger partial charge is 0.497 e. The quantitative estimate of drug-likeness (QED) is 0.834. The van der Waals surface area contributed by atoms with Gasteiger partial charge in [0.05, 0.1) is 12.0 Å². The highest BCUT2D eigenvalue weighted by molar-refractivity contribution is 7.89. The Balaban J connectivity index is 1.59. The van der Waals surface area contributed by atoms with Crippen LogP contribution in [0.1, 0.15) is 12.8 Å². The van der Waals surface area contributed by atoms with Gasteiger partial charge < -0.3 is 9.47 Å². The summed E-state index contributed by atoms with van der Waals surface area (Å²) in [7, 11) is -1.78. The summed E-state index contributed by atoms with van der Waals surface area (Å²) in [5.41, 5.74) is 0. The molecule has 0 atom stereocenters. The molecular weight excluding hydrogens is 326 g/mol. The van der Waals surface area contributed by atoms with Gasteiger partial charge in [-0.1, -0.05) is 18.2 Å². The van der Waals surface area contributed by atoms with Gasteiger partial charge in [-0.25, -0.2) is 8.42 Å². The molecule has 6 heteroatoms. The van der Waals surface area contributed by atoms with E-state index < -0.39 is 10.0 Å². The molecule has 0 N–H and O–H groups in total. The van der Waals surface area contributed by atoms with E-state index in [0.29, 0.717) is 30.8 Å². The predicted octanol–water partition coefficient (Wildman–Crippen LogP) is 2.93. The van der Waals surface area contributed by atoms with Gasteiger partial charge in [-0.3, -0.25) is 0 Å². The van der Waals surface area contributed by atoms with Gasteiger partial charge in [0.1, 0.15) is 17.6 Å². The van der Waals surface area contributed by atoms with E-state index in [4.69, 9.17) is 9.47 Å². The van der Waals surface area contributed by atoms with Crippen LogP contribution in [0.4, 0.5) is 0 Å². The van der Waals surface area contributed by atoms with Crippen LogP contribution in [0.3, 0.4) is 0 Å². The zero-order valence-electron chi connectivity index (χ0n) is 13.6. The molecule has 3 rings (SSSR count). The molecule has 0 saturated carbocycles. The van der Waals surface area contributed by atoms with Gasteiger partial charge in [-0.05, 0) is 49.2 Å². The van der Waals surface area contributed by atoms with Crippen LogP contribution < -0.4 is 9.47 Å². The topological polar surface area (TPSA) is 55.8 Å². The summed E-state index contributed by atoms with van der Waals surface area (Å²) in [5, 5.41) is 0. The van der Waals surface area contributed by atoms with Crippen LogP contribution in [0, 0.1) is 0 Å². The average molecular weight is 347 g/mol. The van der Waals surface area contributed by atoms with Crippen molar-refractivity contribution in [1.29, 1.82) is 0 Å². The Morgan fingerprint density at radius 3 is 2.08 bits per heavy atom. The summed E-state index contributed by atoms with van der Waals surface area (Å²) in [6, 6.07) is 16.0. The molecule has 24 heavy (non-hydrogen) atoms. The molecule has 0 bridgehead atoms. The first kappa shape index (κ1) is 16.8. The fraction of sp³-hybridized carbons (Fsp3) is 0.333. The van der Waals surface area contributed by atoms with Gasteiger partial charge in [-0.15, -0.1) is 0 Å². The van der Waals surface area contributed by atoms with Crippen molar-refractivity contribution in [3.63, 3.8) is 0 Å². The maximum atomic E-state index is 12.6. The Kier molecular flexibility index (Phi) is 5.06. The highest BCUT2D eigenvalue weighted by Gasteiger charge is 2.29. The van der Waals surface area contributed by atoms with Gasteiger partial charge in [0, 0.05) is 13.1 Å². The molecular formula is C18H21NO4S. The molecule has 0 amide bonds. The molecule has 1 heterocycles. The maximum absolute atomic E-state index is 12.6. The minimum absolute atomic E-state index is 0.0284. The Labute approximate surface area is 142 Å². The Bertz CT molecular complexity index is 751. The van der Waals surface area contributed by atoms with Gasteiger partial charge in [0.25, 0.3) is 0 Å². The van der Waals surface area contributed by atoms with E-state index in [-0.39, 0.29) is 6.10 Å². The number of sulfonamides is 1. The van der Waals surface area contributed by atoms with Crippen molar-refractivity contribution < 1.29 is 17.9 Å². The van der Waals surface area contributed by atoms with Crippen LogP contribution in [0.15, 0.2) is 59.5 Å². The van der Waals surface area contributed by atoms with Crippen molar-refractivity contribution in [2.45, 2.75) is 23.8 Å². The van der Waals surface area contributed by atoms with E-state index in [1.807, 2.05) is 30.3 Å². The summed E-state index contributed by atoms with van der Waals surface area (Å²) >= 11 is 0. The van der Waals surface area contributed by atoms with E-state index in [1.165, 1.54) is 4.31 Å². The molecule has 1 aliphatic rings. The maximum Gasteiger partial charge on any atom is 0.243 e. The molecule has 1 aliphatic heterocycles. The molecule has 2 aromatic carbocycles. The molecule has 1 fully saturated rings. The normalized spacial score (nSPS) is 16.7. The lowest BCUT2D eigenvalue weighted by Gasteiger charge is -2.31. The van der Waals surface area contributed by atoms with Crippen LogP contribution in [0.25, 0.3) is 0 Å². The van der Waals surface area contributed by atoms with E-state index in [0.717, 1.165) is 11.5 Å². The first-order chi connectivity index (χ1) is 11.6. The van der Waals surface area contributed by atoms with E-state index >= 15 is 0 Å². The minimum Gasteiger partial charge on any atom is -0.497 e. The fourth-order valence-electron chi connectivity index (χ4n) is 2.78. The number of methoxy groups -OCH3 is 1. The predicted molar refractivity (Wildman–Crippen MR) is 91.8 cm³/mol. The fourth-order valence-corrected chi connectivity index (χ4v) is 4.27. The zero-order valence-corrected chi connectivity index (χ0v) is 14.4. The standard InChI is InChI=1S/C18H21NO4S/c1-22-15-7-9-16(10-8-15)23-17-11-13-19(14-12-17)24(20,21)18-5-3-2-4-6-18/h2-10,17H,11-14H2,1H3. The van der Waals surface area contributed by atoms with Crippen LogP contribution in [-0.2, 0) is 10.0 Å². The van der Waals surface area contributed by atoms with Crippen molar-refractivity contribution in [3.8, 4) is 11.5 Å². The third-order valence-electron chi connectivity index (χ3n) is 4.14. The second-order valence-corrected chi connectivity index (χ2v) is 7.65. The number of nitrogens with zero attached hydrogens (tertiary/aromatic N) is 1. The first-order valence-corrected chi connectivity index (χ1v) is 9.39. The monoisotopic (exact) mass is 347 g/mol. The lowest BCUT2D eigenvalue weighted by Crippen LogP contribution is -2.41. The van der Waals surface area contributed by atoms with Crippen molar-refractivity contribution in [2.24, 2.45) is 0 Å². The van der Waals surface area contributed by atoms with Crippen LogP contribution in [-0.4, -0.2) is 39.0 Å². The molecule has 0 unspecified atom stereocenters. The third-order valence-corrected chi connectivity index (χ3v) is 6.06. The van der Waals surface area contributed by atoms with Crippen LogP contribution >= 0.6 is 0 Å². The molecule has 0 spiro atoms. The van der Waals surface area contributed by atoms with E-state index in [9.17, 15) is 8.42 Å². The number of piperidine rings is 1. The zero-order chi connectivity index (χ0) is 17.0. The van der Waals surface area contributed by atoms with Crippen molar-refractivity contribution in [2.75, 3.05) is 20.2 Å². The highest BCUT2D eigenvalue weighted by Crippen LogP contribution is 2.24. The van der Waals surface area contributed by atoms with Crippen molar-refractivity contribution in [3.05, 3.63) is 54.6 Å². The van der Waals surface area contributed by atoms with Crippen LogP contribution in [0.5, 0.6) is 11.5 Å². The molecule has 0 radical (unpaired) electrons. The van der Waals surface area contributed by atoms with E-state index in [2.05, 4.69) is 0 Å². The Hall–Kier alpha value is -2.05. The second kappa shape index (κ2) is 7.23. The van der Waals surface area contributed by atoms with Gasteiger partial charge >= 0.3 is 0 Å². The summed E-state index contributed by atoms with van der Waals surface area (Å²) in [4.78, 5) is 0.347. The van der Waals surface area contributed by atoms with E-state index in [1.54, 1.807) is 31.4 Å². The number of rotatable bonds is 5. The number of hydrogen-bond acceptors (Lipinski definition) is 4. The second-order valence-electron chi connectivity index (χ2n) is 5.71. The van der Waals surface area contributed by atoms with Crippen molar-refractivity contribution >= 4 is 10.0 Å². The number of ether oxygens (including phenoxy) is 2. The van der Waals surface area contributed by atoms with Crippen molar-refractivity contribution in [1.82, 2.24) is 4.31 Å². The minimum atomic E-state index is -3.41. The van der Waals surface area contributed by atoms with Gasteiger partial charge in [-0.2, -0.15) is 4.31 Å². The lowest BCUT2D eigenvalue weighted by atomic mass is 10.1. The summed E-state index contributed by atoms with van der Waals surface area (Å²) < 4.78 is 37.8. The Morgan fingerprint density at radius 1 is 0.917 bits per heavy atom. The van der Waals surface area contributed by atoms with Crippen LogP contribution in [0.2, 0.25) is 0 Å².